The van der Waals surface area contributed by atoms with Gasteiger partial charge in [0.2, 0.25) is 5.95 Å². The molecule has 0 radical (unpaired) electrons. The second kappa shape index (κ2) is 7.95. The second-order valence-electron chi connectivity index (χ2n) is 7.89. The molecule has 8 nitrogen and oxygen atoms in total. The van der Waals surface area contributed by atoms with Gasteiger partial charge in [-0.1, -0.05) is 12.1 Å². The first kappa shape index (κ1) is 18.9. The van der Waals surface area contributed by atoms with E-state index in [1.807, 2.05) is 30.5 Å². The van der Waals surface area contributed by atoms with Crippen molar-refractivity contribution in [1.29, 1.82) is 0 Å². The fourth-order valence-corrected chi connectivity index (χ4v) is 4.31. The van der Waals surface area contributed by atoms with Crippen LogP contribution in [-0.4, -0.2) is 58.1 Å². The monoisotopic (exact) mass is 406 g/mol. The largest absolute Gasteiger partial charge is 0.497 e. The number of hydrogen-bond donors (Lipinski definition) is 2. The van der Waals surface area contributed by atoms with E-state index < -0.39 is 0 Å². The Morgan fingerprint density at radius 2 is 2.13 bits per heavy atom. The quantitative estimate of drug-likeness (QED) is 0.688. The first-order valence-corrected chi connectivity index (χ1v) is 10.4. The number of benzene rings is 1. The normalized spacial score (nSPS) is 18.9. The first-order chi connectivity index (χ1) is 14.7. The average Bonchev–Trinajstić information content (AvgIpc) is 3.22. The van der Waals surface area contributed by atoms with Gasteiger partial charge >= 0.3 is 0 Å². The number of aliphatic hydroxyl groups excluding tert-OH is 1. The zero-order chi connectivity index (χ0) is 20.5. The zero-order valence-corrected chi connectivity index (χ0v) is 17.1. The van der Waals surface area contributed by atoms with Gasteiger partial charge < -0.3 is 19.6 Å². The summed E-state index contributed by atoms with van der Waals surface area (Å²) in [4.78, 5) is 13.7. The van der Waals surface area contributed by atoms with Crippen molar-refractivity contribution in [2.75, 3.05) is 36.5 Å². The molecule has 156 valence electrons. The van der Waals surface area contributed by atoms with Crippen LogP contribution in [0.25, 0.3) is 11.3 Å². The number of H-pyrrole nitrogens is 1. The van der Waals surface area contributed by atoms with Crippen LogP contribution >= 0.6 is 0 Å². The summed E-state index contributed by atoms with van der Waals surface area (Å²) in [5.41, 5.74) is 4.32. The van der Waals surface area contributed by atoms with Crippen molar-refractivity contribution in [3.63, 3.8) is 0 Å². The number of rotatable bonds is 4. The van der Waals surface area contributed by atoms with E-state index >= 15 is 0 Å². The molecule has 2 aromatic heterocycles. The standard InChI is InChI=1S/C22H26N6O2/c1-30-17-6-2-4-15(12-17)21-18-14-28(11-8-19(18)25-26-21)22-23-9-7-20(24-22)27-10-3-5-16(29)13-27/h2,4,6-7,9,12,16,29H,3,5,8,10-11,13-14H2,1H3,(H,25,26). The minimum absolute atomic E-state index is 0.286. The fraction of sp³-hybridized carbons (Fsp3) is 0.409. The Kier molecular flexibility index (Phi) is 5.00. The molecule has 0 bridgehead atoms. The summed E-state index contributed by atoms with van der Waals surface area (Å²) in [6.45, 7) is 3.07. The van der Waals surface area contributed by atoms with E-state index in [1.54, 1.807) is 7.11 Å². The number of nitrogens with one attached hydrogen (secondary N) is 1. The van der Waals surface area contributed by atoms with E-state index in [0.29, 0.717) is 13.1 Å². The number of methoxy groups -OCH3 is 1. The van der Waals surface area contributed by atoms with Crippen molar-refractivity contribution in [1.82, 2.24) is 20.2 Å². The molecule has 0 amide bonds. The van der Waals surface area contributed by atoms with E-state index in [4.69, 9.17) is 9.72 Å². The highest BCUT2D eigenvalue weighted by molar-refractivity contribution is 5.67. The molecule has 1 unspecified atom stereocenters. The van der Waals surface area contributed by atoms with Crippen LogP contribution in [0.3, 0.4) is 0 Å². The Hall–Kier alpha value is -3.13. The summed E-state index contributed by atoms with van der Waals surface area (Å²) in [5, 5.41) is 17.8. The van der Waals surface area contributed by atoms with Crippen molar-refractivity contribution < 1.29 is 9.84 Å². The minimum atomic E-state index is -0.286. The summed E-state index contributed by atoms with van der Waals surface area (Å²) in [5.74, 6) is 2.41. The van der Waals surface area contributed by atoms with Gasteiger partial charge in [-0.2, -0.15) is 10.1 Å². The lowest BCUT2D eigenvalue weighted by molar-refractivity contribution is 0.154. The lowest BCUT2D eigenvalue weighted by atomic mass is 10.0. The summed E-state index contributed by atoms with van der Waals surface area (Å²) in [6, 6.07) is 9.91. The lowest BCUT2D eigenvalue weighted by Crippen LogP contribution is -2.39. The fourth-order valence-electron chi connectivity index (χ4n) is 4.31. The van der Waals surface area contributed by atoms with Crippen LogP contribution in [0.1, 0.15) is 24.1 Å². The van der Waals surface area contributed by atoms with Gasteiger partial charge in [-0.15, -0.1) is 0 Å². The minimum Gasteiger partial charge on any atom is -0.497 e. The van der Waals surface area contributed by atoms with Crippen molar-refractivity contribution in [3.8, 4) is 17.0 Å². The predicted octanol–water partition coefficient (Wildman–Crippen LogP) is 2.40. The van der Waals surface area contributed by atoms with E-state index in [0.717, 1.165) is 61.1 Å². The third-order valence-corrected chi connectivity index (χ3v) is 5.91. The number of aromatic nitrogens is 4. The molecule has 0 spiro atoms. The molecule has 8 heteroatoms. The predicted molar refractivity (Wildman–Crippen MR) is 115 cm³/mol. The van der Waals surface area contributed by atoms with E-state index in [-0.39, 0.29) is 6.10 Å². The molecule has 1 saturated heterocycles. The van der Waals surface area contributed by atoms with Gasteiger partial charge in [-0.3, -0.25) is 5.10 Å². The lowest BCUT2D eigenvalue weighted by Gasteiger charge is -2.32. The Labute approximate surface area is 175 Å². The molecule has 0 aliphatic carbocycles. The number of aromatic amines is 1. The van der Waals surface area contributed by atoms with E-state index in [9.17, 15) is 5.11 Å². The Morgan fingerprint density at radius 3 is 3.00 bits per heavy atom. The molecule has 1 aromatic carbocycles. The zero-order valence-electron chi connectivity index (χ0n) is 17.1. The number of hydrogen-bond acceptors (Lipinski definition) is 7. The van der Waals surface area contributed by atoms with Gasteiger partial charge in [0.15, 0.2) is 0 Å². The van der Waals surface area contributed by atoms with Gasteiger partial charge in [0.1, 0.15) is 11.6 Å². The molecular formula is C22H26N6O2. The molecule has 4 heterocycles. The third-order valence-electron chi connectivity index (χ3n) is 5.91. The van der Waals surface area contributed by atoms with Crippen molar-refractivity contribution >= 4 is 11.8 Å². The number of fused-ring (bicyclic) bond motifs is 1. The molecule has 30 heavy (non-hydrogen) atoms. The van der Waals surface area contributed by atoms with Crippen molar-refractivity contribution in [3.05, 3.63) is 47.8 Å². The van der Waals surface area contributed by atoms with Gasteiger partial charge in [0, 0.05) is 55.6 Å². The molecular weight excluding hydrogens is 380 g/mol. The number of aliphatic hydroxyl groups is 1. The Balaban J connectivity index is 1.41. The highest BCUT2D eigenvalue weighted by atomic mass is 16.5. The summed E-state index contributed by atoms with van der Waals surface area (Å²) in [6.07, 6.45) is 4.23. The number of nitrogens with zero attached hydrogens (tertiary/aromatic N) is 5. The Bertz CT molecular complexity index is 1040. The number of piperidine rings is 1. The molecule has 2 N–H and O–H groups in total. The Morgan fingerprint density at radius 1 is 1.20 bits per heavy atom. The van der Waals surface area contributed by atoms with Crippen LogP contribution in [-0.2, 0) is 13.0 Å². The van der Waals surface area contributed by atoms with Gasteiger partial charge in [0.25, 0.3) is 0 Å². The summed E-state index contributed by atoms with van der Waals surface area (Å²) < 4.78 is 5.37. The maximum absolute atomic E-state index is 10.0. The molecule has 2 aliphatic rings. The topological polar surface area (TPSA) is 90.4 Å². The maximum atomic E-state index is 10.0. The van der Waals surface area contributed by atoms with Crippen LogP contribution in [0.15, 0.2) is 36.5 Å². The number of β-amino-alcohol motifs (C(OH)–C–C–N with tert-alkyl or cyclic N) is 1. The van der Waals surface area contributed by atoms with E-state index in [1.165, 1.54) is 11.3 Å². The maximum Gasteiger partial charge on any atom is 0.227 e. The molecule has 3 aromatic rings. The molecule has 5 rings (SSSR count). The molecule has 0 saturated carbocycles. The SMILES string of the molecule is COc1cccc(-c2n[nH]c3c2CN(c2nccc(N4CCCC(O)C4)n2)CC3)c1. The molecule has 1 fully saturated rings. The van der Waals surface area contributed by atoms with Crippen molar-refractivity contribution in [2.45, 2.75) is 31.9 Å². The second-order valence-corrected chi connectivity index (χ2v) is 7.89. The highest BCUT2D eigenvalue weighted by Crippen LogP contribution is 2.31. The van der Waals surface area contributed by atoms with Crippen LogP contribution < -0.4 is 14.5 Å². The highest BCUT2D eigenvalue weighted by Gasteiger charge is 2.25. The van der Waals surface area contributed by atoms with Crippen LogP contribution in [0.2, 0.25) is 0 Å². The molecule has 2 aliphatic heterocycles. The average molecular weight is 406 g/mol. The summed E-state index contributed by atoms with van der Waals surface area (Å²) in [7, 11) is 1.67. The smallest absolute Gasteiger partial charge is 0.227 e. The third kappa shape index (κ3) is 3.59. The van der Waals surface area contributed by atoms with Crippen LogP contribution in [0, 0.1) is 0 Å². The van der Waals surface area contributed by atoms with Crippen LogP contribution in [0.5, 0.6) is 5.75 Å². The number of anilines is 2. The van der Waals surface area contributed by atoms with Gasteiger partial charge in [-0.05, 0) is 31.0 Å². The van der Waals surface area contributed by atoms with Crippen LogP contribution in [0.4, 0.5) is 11.8 Å². The van der Waals surface area contributed by atoms with Gasteiger partial charge in [0.05, 0.1) is 18.9 Å². The van der Waals surface area contributed by atoms with E-state index in [2.05, 4.69) is 31.0 Å². The molecule has 1 atom stereocenters. The van der Waals surface area contributed by atoms with Crippen molar-refractivity contribution in [2.24, 2.45) is 0 Å². The summed E-state index contributed by atoms with van der Waals surface area (Å²) >= 11 is 0. The first-order valence-electron chi connectivity index (χ1n) is 10.4. The number of ether oxygens (including phenoxy) is 1. The van der Waals surface area contributed by atoms with Gasteiger partial charge in [-0.25, -0.2) is 4.98 Å².